The van der Waals surface area contributed by atoms with Crippen LogP contribution in [-0.4, -0.2) is 27.1 Å². The zero-order valence-corrected chi connectivity index (χ0v) is 11.7. The van der Waals surface area contributed by atoms with E-state index in [0.717, 1.165) is 12.8 Å². The lowest BCUT2D eigenvalue weighted by atomic mass is 10.1. The Balaban J connectivity index is 2.86. The number of thiocarbonyl (C=S) groups is 1. The van der Waals surface area contributed by atoms with E-state index in [1.54, 1.807) is 19.9 Å². The lowest BCUT2D eigenvalue weighted by Gasteiger charge is -2.17. The van der Waals surface area contributed by atoms with Gasteiger partial charge >= 0.3 is 0 Å². The number of hydrogen-bond donors (Lipinski definition) is 2. The number of amides is 1. The molecule has 98 valence electrons. The molecule has 0 bridgehead atoms. The van der Waals surface area contributed by atoms with Gasteiger partial charge in [-0.3, -0.25) is 4.79 Å². The summed E-state index contributed by atoms with van der Waals surface area (Å²) in [4.78, 5) is 12.4. The van der Waals surface area contributed by atoms with Crippen molar-refractivity contribution in [3.8, 4) is 0 Å². The highest BCUT2D eigenvalue weighted by Crippen LogP contribution is 2.07. The van der Waals surface area contributed by atoms with Crippen LogP contribution in [0.3, 0.4) is 0 Å². The molecule has 5 nitrogen and oxygen atoms in total. The Morgan fingerprint density at radius 3 is 2.72 bits per heavy atom. The molecule has 0 saturated carbocycles. The van der Waals surface area contributed by atoms with Gasteiger partial charge in [-0.05, 0) is 26.3 Å². The number of aryl methyl sites for hydroxylation is 2. The van der Waals surface area contributed by atoms with Crippen molar-refractivity contribution in [1.82, 2.24) is 15.5 Å². The van der Waals surface area contributed by atoms with Crippen LogP contribution >= 0.6 is 12.2 Å². The Morgan fingerprint density at radius 2 is 2.17 bits per heavy atom. The highest BCUT2D eigenvalue weighted by molar-refractivity contribution is 7.80. The lowest BCUT2D eigenvalue weighted by Crippen LogP contribution is -2.43. The van der Waals surface area contributed by atoms with Gasteiger partial charge in [-0.1, -0.05) is 25.6 Å². The van der Waals surface area contributed by atoms with Crippen LogP contribution in [0, 0.1) is 13.8 Å². The van der Waals surface area contributed by atoms with Crippen LogP contribution in [-0.2, 0) is 0 Å². The van der Waals surface area contributed by atoms with E-state index >= 15 is 0 Å². The summed E-state index contributed by atoms with van der Waals surface area (Å²) in [6.45, 7) is 5.55. The maximum Gasteiger partial charge on any atom is 0.253 e. The van der Waals surface area contributed by atoms with Crippen LogP contribution in [0.25, 0.3) is 0 Å². The van der Waals surface area contributed by atoms with Crippen molar-refractivity contribution in [2.75, 3.05) is 0 Å². The van der Waals surface area contributed by atoms with Gasteiger partial charge in [0.25, 0.3) is 5.91 Å². The first kappa shape index (κ1) is 14.5. The minimum absolute atomic E-state index is 0.211. The van der Waals surface area contributed by atoms with Gasteiger partial charge in [-0.25, -0.2) is 0 Å². The van der Waals surface area contributed by atoms with Crippen LogP contribution in [0.4, 0.5) is 0 Å². The number of hydrogen-bond acceptors (Lipinski definition) is 4. The molecule has 0 saturated heterocycles. The van der Waals surface area contributed by atoms with Gasteiger partial charge in [0.05, 0.1) is 28.0 Å². The normalized spacial score (nSPS) is 11.9. The van der Waals surface area contributed by atoms with Gasteiger partial charge in [0, 0.05) is 0 Å². The number of carbonyl (C=O) groups is 1. The Morgan fingerprint density at radius 1 is 1.50 bits per heavy atom. The van der Waals surface area contributed by atoms with Crippen molar-refractivity contribution in [3.63, 3.8) is 0 Å². The number of nitrogens with zero attached hydrogens (tertiary/aromatic N) is 2. The zero-order valence-electron chi connectivity index (χ0n) is 10.9. The van der Waals surface area contributed by atoms with Crippen molar-refractivity contribution in [2.45, 2.75) is 39.7 Å². The van der Waals surface area contributed by atoms with Gasteiger partial charge in [-0.15, -0.1) is 0 Å². The number of nitrogens with two attached hydrogens (primary N) is 1. The number of carbonyl (C=O) groups excluding carboxylic acids is 1. The van der Waals surface area contributed by atoms with Crippen LogP contribution in [0.2, 0.25) is 0 Å². The summed E-state index contributed by atoms with van der Waals surface area (Å²) in [6.07, 6.45) is 1.63. The van der Waals surface area contributed by atoms with Gasteiger partial charge in [0.15, 0.2) is 0 Å². The smallest absolute Gasteiger partial charge is 0.253 e. The van der Waals surface area contributed by atoms with E-state index in [1.807, 2.05) is 6.92 Å². The summed E-state index contributed by atoms with van der Waals surface area (Å²) in [6, 6.07) is 1.44. The number of nitrogens with one attached hydrogen (secondary N) is 1. The second-order valence-corrected chi connectivity index (χ2v) is 4.67. The fraction of sp³-hybridized carbons (Fsp3) is 0.500. The van der Waals surface area contributed by atoms with Crippen LogP contribution in [0.5, 0.6) is 0 Å². The quantitative estimate of drug-likeness (QED) is 0.785. The fourth-order valence-corrected chi connectivity index (χ4v) is 1.77. The first-order chi connectivity index (χ1) is 8.45. The van der Waals surface area contributed by atoms with E-state index < -0.39 is 0 Å². The molecule has 0 aliphatic carbocycles. The van der Waals surface area contributed by atoms with Crippen molar-refractivity contribution >= 4 is 23.1 Å². The second-order valence-electron chi connectivity index (χ2n) is 4.20. The average molecular weight is 266 g/mol. The Kier molecular flexibility index (Phi) is 5.15. The van der Waals surface area contributed by atoms with Crippen LogP contribution in [0.1, 0.15) is 41.5 Å². The zero-order chi connectivity index (χ0) is 13.7. The van der Waals surface area contributed by atoms with E-state index in [0.29, 0.717) is 21.9 Å². The molecular formula is C12H18N4OS. The van der Waals surface area contributed by atoms with E-state index in [-0.39, 0.29) is 11.9 Å². The molecule has 3 N–H and O–H groups in total. The molecule has 1 unspecified atom stereocenters. The first-order valence-electron chi connectivity index (χ1n) is 5.86. The van der Waals surface area contributed by atoms with Crippen molar-refractivity contribution in [2.24, 2.45) is 5.73 Å². The predicted octanol–water partition coefficient (Wildman–Crippen LogP) is 1.28. The van der Waals surface area contributed by atoms with Crippen LogP contribution in [0.15, 0.2) is 6.07 Å². The monoisotopic (exact) mass is 266 g/mol. The molecular weight excluding hydrogens is 248 g/mol. The van der Waals surface area contributed by atoms with E-state index in [2.05, 4.69) is 15.5 Å². The van der Waals surface area contributed by atoms with E-state index in [4.69, 9.17) is 18.0 Å². The fourth-order valence-electron chi connectivity index (χ4n) is 1.59. The largest absolute Gasteiger partial charge is 0.392 e. The number of rotatable bonds is 5. The third-order valence-electron chi connectivity index (χ3n) is 2.57. The average Bonchev–Trinajstić information content (AvgIpc) is 2.31. The first-order valence-corrected chi connectivity index (χ1v) is 6.27. The molecule has 6 heteroatoms. The minimum atomic E-state index is -0.273. The Bertz CT molecular complexity index is 461. The molecule has 1 atom stereocenters. The molecule has 0 spiro atoms. The molecule has 1 aromatic heterocycles. The highest BCUT2D eigenvalue weighted by atomic mass is 32.1. The topological polar surface area (TPSA) is 80.9 Å². The summed E-state index contributed by atoms with van der Waals surface area (Å²) < 4.78 is 0. The molecule has 1 heterocycles. The predicted molar refractivity (Wildman–Crippen MR) is 74.5 cm³/mol. The third kappa shape index (κ3) is 3.73. The summed E-state index contributed by atoms with van der Waals surface area (Å²) in [5.41, 5.74) is 7.42. The summed E-state index contributed by atoms with van der Waals surface area (Å²) in [7, 11) is 0. The molecule has 1 aromatic rings. The van der Waals surface area contributed by atoms with Gasteiger partial charge in [0.2, 0.25) is 0 Å². The molecule has 1 rings (SSSR count). The van der Waals surface area contributed by atoms with Crippen molar-refractivity contribution < 1.29 is 4.79 Å². The lowest BCUT2D eigenvalue weighted by molar-refractivity contribution is 0.0944. The number of aromatic nitrogens is 2. The Hall–Kier alpha value is -1.56. The summed E-state index contributed by atoms with van der Waals surface area (Å²) in [5, 5.41) is 10.6. The molecule has 0 fully saturated rings. The Labute approximate surface area is 112 Å². The van der Waals surface area contributed by atoms with Crippen LogP contribution < -0.4 is 11.1 Å². The molecule has 1 amide bonds. The van der Waals surface area contributed by atoms with Gasteiger partial charge in [0.1, 0.15) is 0 Å². The SMILES string of the molecule is CCCC(NC(=O)c1cc(C)nnc1C)C(N)=S. The molecule has 0 aliphatic heterocycles. The van der Waals surface area contributed by atoms with Gasteiger partial charge in [-0.2, -0.15) is 10.2 Å². The molecule has 18 heavy (non-hydrogen) atoms. The second kappa shape index (κ2) is 6.39. The third-order valence-corrected chi connectivity index (χ3v) is 2.86. The van der Waals surface area contributed by atoms with Crippen molar-refractivity contribution in [3.05, 3.63) is 23.0 Å². The minimum Gasteiger partial charge on any atom is -0.392 e. The maximum absolute atomic E-state index is 12.1. The van der Waals surface area contributed by atoms with Gasteiger partial charge < -0.3 is 11.1 Å². The van der Waals surface area contributed by atoms with E-state index in [9.17, 15) is 4.79 Å². The molecule has 0 radical (unpaired) electrons. The maximum atomic E-state index is 12.1. The highest BCUT2D eigenvalue weighted by Gasteiger charge is 2.17. The summed E-state index contributed by atoms with van der Waals surface area (Å²) >= 11 is 4.94. The van der Waals surface area contributed by atoms with E-state index in [1.165, 1.54) is 0 Å². The van der Waals surface area contributed by atoms with Crippen molar-refractivity contribution in [1.29, 1.82) is 0 Å². The summed E-state index contributed by atoms with van der Waals surface area (Å²) in [5.74, 6) is -0.211. The standard InChI is InChI=1S/C12H18N4OS/c1-4-5-10(11(13)18)14-12(17)9-6-7(2)15-16-8(9)3/h6,10H,4-5H2,1-3H3,(H2,13,18)(H,14,17). The molecule has 0 aliphatic rings. The molecule has 0 aromatic carbocycles.